The fraction of sp³-hybridized carbons (Fsp3) is 0.688. The van der Waals surface area contributed by atoms with Crippen molar-refractivity contribution >= 4 is 5.69 Å². The lowest BCUT2D eigenvalue weighted by Gasteiger charge is -2.20. The molecule has 0 radical (unpaired) electrons. The number of likely N-dealkylation sites (tertiary alicyclic amines) is 1. The molecule has 1 unspecified atom stereocenters. The van der Waals surface area contributed by atoms with E-state index in [0.29, 0.717) is 5.69 Å². The number of hydrogen-bond donors (Lipinski definition) is 1. The van der Waals surface area contributed by atoms with Crippen molar-refractivity contribution in [2.24, 2.45) is 5.92 Å². The monoisotopic (exact) mass is 277 g/mol. The number of nitrogens with zero attached hydrogens (tertiary/aromatic N) is 2. The fourth-order valence-corrected chi connectivity index (χ4v) is 3.05. The van der Waals surface area contributed by atoms with Crippen LogP contribution < -0.4 is 11.3 Å². The second-order valence-electron chi connectivity index (χ2n) is 5.89. The van der Waals surface area contributed by atoms with E-state index in [0.717, 1.165) is 25.4 Å². The quantitative estimate of drug-likeness (QED) is 0.898. The van der Waals surface area contributed by atoms with Crippen molar-refractivity contribution in [3.05, 3.63) is 28.7 Å². The summed E-state index contributed by atoms with van der Waals surface area (Å²) in [4.78, 5) is 14.2. The Morgan fingerprint density at radius 2 is 2.10 bits per heavy atom. The number of anilines is 1. The highest BCUT2D eigenvalue weighted by Gasteiger charge is 2.15. The summed E-state index contributed by atoms with van der Waals surface area (Å²) in [5.74, 6) is 0.913. The Labute approximate surface area is 121 Å². The number of hydrogen-bond acceptors (Lipinski definition) is 3. The molecule has 0 saturated carbocycles. The highest BCUT2D eigenvalue weighted by atomic mass is 16.1. The topological polar surface area (TPSA) is 51.3 Å². The summed E-state index contributed by atoms with van der Waals surface area (Å²) in [5, 5.41) is 0. The molecule has 0 aliphatic carbocycles. The van der Waals surface area contributed by atoms with Crippen LogP contribution in [0.4, 0.5) is 5.69 Å². The predicted molar refractivity (Wildman–Crippen MR) is 83.8 cm³/mol. The van der Waals surface area contributed by atoms with E-state index in [-0.39, 0.29) is 5.56 Å². The molecule has 0 aromatic carbocycles. The standard InChI is InChI=1S/C16H27N3O/c1-2-14-5-3-9-18(12-8-14)10-4-11-19-13-15(17)6-7-16(19)20/h6-7,13-14H,2-5,8-12,17H2,1H3. The lowest BCUT2D eigenvalue weighted by molar-refractivity contribution is 0.271. The molecule has 0 amide bonds. The zero-order valence-corrected chi connectivity index (χ0v) is 12.6. The molecule has 4 nitrogen and oxygen atoms in total. The number of nitrogens with two attached hydrogens (primary N) is 1. The van der Waals surface area contributed by atoms with Crippen molar-refractivity contribution < 1.29 is 0 Å². The molecule has 0 bridgehead atoms. The Hall–Kier alpha value is -1.29. The molecule has 2 rings (SSSR count). The van der Waals surface area contributed by atoms with Gasteiger partial charge in [0.1, 0.15) is 0 Å². The first-order chi connectivity index (χ1) is 9.69. The molecule has 1 aliphatic heterocycles. The van der Waals surface area contributed by atoms with Crippen LogP contribution in [0.25, 0.3) is 0 Å². The molecule has 2 heterocycles. The molecule has 1 saturated heterocycles. The van der Waals surface area contributed by atoms with Crippen LogP contribution in [-0.2, 0) is 6.54 Å². The van der Waals surface area contributed by atoms with Crippen LogP contribution in [0.5, 0.6) is 0 Å². The largest absolute Gasteiger partial charge is 0.398 e. The molecule has 1 aromatic rings. The summed E-state index contributed by atoms with van der Waals surface area (Å²) in [5.41, 5.74) is 6.42. The smallest absolute Gasteiger partial charge is 0.250 e. The van der Waals surface area contributed by atoms with E-state index in [1.165, 1.54) is 38.8 Å². The van der Waals surface area contributed by atoms with E-state index >= 15 is 0 Å². The third kappa shape index (κ3) is 4.37. The maximum Gasteiger partial charge on any atom is 0.250 e. The third-order valence-electron chi connectivity index (χ3n) is 4.40. The fourth-order valence-electron chi connectivity index (χ4n) is 3.05. The molecule has 20 heavy (non-hydrogen) atoms. The first kappa shape index (κ1) is 15.1. The highest BCUT2D eigenvalue weighted by Crippen LogP contribution is 2.20. The van der Waals surface area contributed by atoms with Crippen LogP contribution >= 0.6 is 0 Å². The van der Waals surface area contributed by atoms with Gasteiger partial charge in [0, 0.05) is 24.5 Å². The predicted octanol–water partition coefficient (Wildman–Crippen LogP) is 2.33. The molecule has 2 N–H and O–H groups in total. The van der Waals surface area contributed by atoms with Crippen molar-refractivity contribution in [1.82, 2.24) is 9.47 Å². The van der Waals surface area contributed by atoms with Gasteiger partial charge in [0.15, 0.2) is 0 Å². The van der Waals surface area contributed by atoms with Crippen LogP contribution in [-0.4, -0.2) is 29.1 Å². The molecule has 112 valence electrons. The van der Waals surface area contributed by atoms with Gasteiger partial charge in [-0.15, -0.1) is 0 Å². The van der Waals surface area contributed by atoms with Crippen molar-refractivity contribution in [3.8, 4) is 0 Å². The Balaban J connectivity index is 1.78. The first-order valence-electron chi connectivity index (χ1n) is 7.87. The first-order valence-corrected chi connectivity index (χ1v) is 7.87. The summed E-state index contributed by atoms with van der Waals surface area (Å²) in [7, 11) is 0. The average Bonchev–Trinajstić information content (AvgIpc) is 2.68. The molecule has 1 aliphatic rings. The zero-order chi connectivity index (χ0) is 14.4. The average molecular weight is 277 g/mol. The highest BCUT2D eigenvalue weighted by molar-refractivity contribution is 5.33. The second-order valence-corrected chi connectivity index (χ2v) is 5.89. The molecular weight excluding hydrogens is 250 g/mol. The van der Waals surface area contributed by atoms with E-state index < -0.39 is 0 Å². The molecule has 1 atom stereocenters. The molecular formula is C16H27N3O. The van der Waals surface area contributed by atoms with Gasteiger partial charge >= 0.3 is 0 Å². The van der Waals surface area contributed by atoms with Gasteiger partial charge in [-0.1, -0.05) is 13.3 Å². The lowest BCUT2D eigenvalue weighted by Crippen LogP contribution is -2.28. The SMILES string of the molecule is CCC1CCCN(CCCn2cc(N)ccc2=O)CC1. The van der Waals surface area contributed by atoms with Crippen LogP contribution in [0.2, 0.25) is 0 Å². The minimum absolute atomic E-state index is 0.0427. The summed E-state index contributed by atoms with van der Waals surface area (Å²) in [6.45, 7) is 6.56. The van der Waals surface area contributed by atoms with E-state index in [4.69, 9.17) is 5.73 Å². The van der Waals surface area contributed by atoms with Gasteiger partial charge < -0.3 is 15.2 Å². The summed E-state index contributed by atoms with van der Waals surface area (Å²) in [6.07, 6.45) is 8.09. The van der Waals surface area contributed by atoms with Gasteiger partial charge in [-0.05, 0) is 57.3 Å². The van der Waals surface area contributed by atoms with Crippen molar-refractivity contribution in [3.63, 3.8) is 0 Å². The third-order valence-corrected chi connectivity index (χ3v) is 4.40. The van der Waals surface area contributed by atoms with E-state index in [2.05, 4.69) is 11.8 Å². The Morgan fingerprint density at radius 3 is 2.90 bits per heavy atom. The zero-order valence-electron chi connectivity index (χ0n) is 12.6. The molecule has 1 aromatic heterocycles. The van der Waals surface area contributed by atoms with Gasteiger partial charge in [-0.2, -0.15) is 0 Å². The van der Waals surface area contributed by atoms with Crippen LogP contribution in [0.3, 0.4) is 0 Å². The van der Waals surface area contributed by atoms with E-state index in [1.807, 2.05) is 0 Å². The van der Waals surface area contributed by atoms with E-state index in [9.17, 15) is 4.79 Å². The van der Waals surface area contributed by atoms with Crippen LogP contribution in [0.15, 0.2) is 23.1 Å². The Bertz CT molecular complexity index is 469. The van der Waals surface area contributed by atoms with Gasteiger partial charge in [0.25, 0.3) is 5.56 Å². The molecule has 4 heteroatoms. The minimum Gasteiger partial charge on any atom is -0.398 e. The number of aromatic nitrogens is 1. The number of aryl methyl sites for hydroxylation is 1. The Morgan fingerprint density at radius 1 is 1.25 bits per heavy atom. The number of nitrogen functional groups attached to an aromatic ring is 1. The van der Waals surface area contributed by atoms with Gasteiger partial charge in [0.2, 0.25) is 0 Å². The minimum atomic E-state index is 0.0427. The Kier molecular flexibility index (Phi) is 5.65. The normalized spacial score (nSPS) is 20.8. The van der Waals surface area contributed by atoms with Crippen molar-refractivity contribution in [1.29, 1.82) is 0 Å². The second kappa shape index (κ2) is 7.48. The van der Waals surface area contributed by atoms with E-state index in [1.54, 1.807) is 22.9 Å². The van der Waals surface area contributed by atoms with Gasteiger partial charge in [0.05, 0.1) is 0 Å². The maximum absolute atomic E-state index is 11.7. The van der Waals surface area contributed by atoms with Gasteiger partial charge in [-0.3, -0.25) is 4.79 Å². The number of pyridine rings is 1. The lowest BCUT2D eigenvalue weighted by atomic mass is 9.98. The summed E-state index contributed by atoms with van der Waals surface area (Å²) >= 11 is 0. The maximum atomic E-state index is 11.7. The van der Waals surface area contributed by atoms with Crippen molar-refractivity contribution in [2.45, 2.75) is 45.6 Å². The van der Waals surface area contributed by atoms with Crippen LogP contribution in [0, 0.1) is 5.92 Å². The summed E-state index contributed by atoms with van der Waals surface area (Å²) in [6, 6.07) is 3.21. The molecule has 0 spiro atoms. The van der Waals surface area contributed by atoms with Crippen molar-refractivity contribution in [2.75, 3.05) is 25.4 Å². The van der Waals surface area contributed by atoms with Crippen LogP contribution in [0.1, 0.15) is 39.0 Å². The summed E-state index contributed by atoms with van der Waals surface area (Å²) < 4.78 is 1.72. The van der Waals surface area contributed by atoms with Gasteiger partial charge in [-0.25, -0.2) is 0 Å². The molecule has 1 fully saturated rings. The number of rotatable bonds is 5.